The van der Waals surface area contributed by atoms with E-state index in [2.05, 4.69) is 0 Å². The predicted octanol–water partition coefficient (Wildman–Crippen LogP) is 2.67. The highest BCUT2D eigenvalue weighted by molar-refractivity contribution is 7.19. The van der Waals surface area contributed by atoms with E-state index in [9.17, 15) is 8.78 Å². The molecule has 2 aromatic rings. The van der Waals surface area contributed by atoms with Crippen LogP contribution in [0.15, 0.2) is 18.2 Å². The molecule has 0 unspecified atom stereocenters. The second-order valence-corrected chi connectivity index (χ2v) is 3.75. The molecule has 1 aromatic heterocycles. The molecular weight excluding hydrogens is 194 g/mol. The van der Waals surface area contributed by atoms with E-state index in [0.717, 1.165) is 11.3 Å². The van der Waals surface area contributed by atoms with Crippen molar-refractivity contribution in [3.05, 3.63) is 34.7 Å². The van der Waals surface area contributed by atoms with Gasteiger partial charge in [0.15, 0.2) is 0 Å². The molecule has 0 aliphatic heterocycles. The van der Waals surface area contributed by atoms with Gasteiger partial charge in [-0.1, -0.05) is 6.07 Å². The maximum Gasteiger partial charge on any atom is 0.150 e. The molecular formula is C9H6F2OS. The van der Waals surface area contributed by atoms with E-state index in [0.29, 0.717) is 4.70 Å². The highest BCUT2D eigenvalue weighted by Gasteiger charge is 2.13. The summed E-state index contributed by atoms with van der Waals surface area (Å²) < 4.78 is 26.9. The van der Waals surface area contributed by atoms with Crippen LogP contribution in [0, 0.1) is 11.6 Å². The Hall–Kier alpha value is -1.00. The van der Waals surface area contributed by atoms with Gasteiger partial charge < -0.3 is 5.11 Å². The number of hydrogen-bond acceptors (Lipinski definition) is 2. The van der Waals surface area contributed by atoms with Crippen molar-refractivity contribution in [2.45, 2.75) is 6.61 Å². The summed E-state index contributed by atoms with van der Waals surface area (Å²) in [4.78, 5) is 0.181. The molecule has 0 radical (unpaired) electrons. The molecule has 0 aliphatic carbocycles. The molecule has 0 atom stereocenters. The monoisotopic (exact) mass is 200 g/mol. The van der Waals surface area contributed by atoms with Gasteiger partial charge in [-0.2, -0.15) is 0 Å². The summed E-state index contributed by atoms with van der Waals surface area (Å²) in [5.74, 6) is -1.22. The lowest BCUT2D eigenvalue weighted by molar-refractivity contribution is 0.280. The Labute approximate surface area is 77.2 Å². The molecule has 2 rings (SSSR count). The summed E-state index contributed by atoms with van der Waals surface area (Å²) in [5.41, 5.74) is 0. The van der Waals surface area contributed by atoms with E-state index >= 15 is 0 Å². The van der Waals surface area contributed by atoms with E-state index in [-0.39, 0.29) is 16.9 Å². The standard InChI is InChI=1S/C9H6F2OS/c10-5-2-1-3-6-8(5)9(11)7(4-12)13-6/h1-3,12H,4H2. The van der Waals surface area contributed by atoms with Gasteiger partial charge in [-0.15, -0.1) is 11.3 Å². The van der Waals surface area contributed by atoms with Crippen molar-refractivity contribution in [2.24, 2.45) is 0 Å². The lowest BCUT2D eigenvalue weighted by Gasteiger charge is -1.90. The number of aliphatic hydroxyl groups excluding tert-OH is 1. The molecule has 0 amide bonds. The lowest BCUT2D eigenvalue weighted by atomic mass is 10.2. The van der Waals surface area contributed by atoms with Crippen molar-refractivity contribution < 1.29 is 13.9 Å². The molecule has 0 saturated heterocycles. The zero-order chi connectivity index (χ0) is 9.42. The average Bonchev–Trinajstić information content (AvgIpc) is 2.44. The van der Waals surface area contributed by atoms with E-state index < -0.39 is 11.6 Å². The molecule has 0 bridgehead atoms. The van der Waals surface area contributed by atoms with Crippen molar-refractivity contribution in [3.8, 4) is 0 Å². The Bertz CT molecular complexity index is 450. The fraction of sp³-hybridized carbons (Fsp3) is 0.111. The van der Waals surface area contributed by atoms with E-state index in [4.69, 9.17) is 5.11 Å². The summed E-state index contributed by atoms with van der Waals surface area (Å²) in [7, 11) is 0. The number of thiophene rings is 1. The Kier molecular flexibility index (Phi) is 2.01. The minimum Gasteiger partial charge on any atom is -0.391 e. The molecule has 68 valence electrons. The molecule has 1 heterocycles. The smallest absolute Gasteiger partial charge is 0.150 e. The Balaban J connectivity index is 2.85. The normalized spacial score (nSPS) is 11.0. The maximum absolute atomic E-state index is 13.3. The van der Waals surface area contributed by atoms with Crippen molar-refractivity contribution in [3.63, 3.8) is 0 Å². The fourth-order valence-electron chi connectivity index (χ4n) is 1.22. The van der Waals surface area contributed by atoms with Gasteiger partial charge in [0, 0.05) is 4.70 Å². The van der Waals surface area contributed by atoms with Crippen LogP contribution < -0.4 is 0 Å². The lowest BCUT2D eigenvalue weighted by Crippen LogP contribution is -1.82. The third-order valence-corrected chi connectivity index (χ3v) is 2.93. The van der Waals surface area contributed by atoms with Gasteiger partial charge in [0.05, 0.1) is 16.9 Å². The number of fused-ring (bicyclic) bond motifs is 1. The van der Waals surface area contributed by atoms with Crippen LogP contribution in [0.5, 0.6) is 0 Å². The molecule has 0 spiro atoms. The maximum atomic E-state index is 13.3. The molecule has 1 aromatic carbocycles. The van der Waals surface area contributed by atoms with Crippen LogP contribution in [0.4, 0.5) is 8.78 Å². The number of hydrogen-bond donors (Lipinski definition) is 1. The van der Waals surface area contributed by atoms with Gasteiger partial charge >= 0.3 is 0 Å². The molecule has 1 nitrogen and oxygen atoms in total. The Morgan fingerprint density at radius 2 is 2.08 bits per heavy atom. The van der Waals surface area contributed by atoms with Crippen LogP contribution in [0.1, 0.15) is 4.88 Å². The van der Waals surface area contributed by atoms with Crippen molar-refractivity contribution in [1.29, 1.82) is 0 Å². The molecule has 0 saturated carbocycles. The largest absolute Gasteiger partial charge is 0.391 e. The third kappa shape index (κ3) is 1.22. The van der Waals surface area contributed by atoms with Gasteiger partial charge in [-0.3, -0.25) is 0 Å². The van der Waals surface area contributed by atoms with Crippen LogP contribution in [-0.4, -0.2) is 5.11 Å². The summed E-state index contributed by atoms with van der Waals surface area (Å²) in [6, 6.07) is 4.36. The highest BCUT2D eigenvalue weighted by Crippen LogP contribution is 2.31. The van der Waals surface area contributed by atoms with Crippen molar-refractivity contribution in [2.75, 3.05) is 0 Å². The van der Waals surface area contributed by atoms with Crippen molar-refractivity contribution in [1.82, 2.24) is 0 Å². The predicted molar refractivity (Wildman–Crippen MR) is 47.7 cm³/mol. The van der Waals surface area contributed by atoms with E-state index in [1.54, 1.807) is 6.07 Å². The van der Waals surface area contributed by atoms with Crippen molar-refractivity contribution >= 4 is 21.4 Å². The Morgan fingerprint density at radius 3 is 2.69 bits per heavy atom. The topological polar surface area (TPSA) is 20.2 Å². The first-order valence-electron chi connectivity index (χ1n) is 3.70. The second kappa shape index (κ2) is 3.05. The van der Waals surface area contributed by atoms with E-state index in [1.165, 1.54) is 12.1 Å². The number of benzene rings is 1. The second-order valence-electron chi connectivity index (χ2n) is 2.61. The first-order chi connectivity index (χ1) is 6.24. The molecule has 0 fully saturated rings. The zero-order valence-electron chi connectivity index (χ0n) is 6.55. The SMILES string of the molecule is OCc1sc2cccc(F)c2c1F. The number of halogens is 2. The third-order valence-electron chi connectivity index (χ3n) is 1.82. The van der Waals surface area contributed by atoms with Gasteiger partial charge in [-0.05, 0) is 12.1 Å². The highest BCUT2D eigenvalue weighted by atomic mass is 32.1. The quantitative estimate of drug-likeness (QED) is 0.750. The molecule has 1 N–H and O–H groups in total. The van der Waals surface area contributed by atoms with Gasteiger partial charge in [0.1, 0.15) is 11.6 Å². The van der Waals surface area contributed by atoms with Crippen LogP contribution in [-0.2, 0) is 6.61 Å². The molecule has 13 heavy (non-hydrogen) atoms. The van der Waals surface area contributed by atoms with Gasteiger partial charge in [0.2, 0.25) is 0 Å². The minimum absolute atomic E-state index is 0.0171. The summed E-state index contributed by atoms with van der Waals surface area (Å²) in [6.45, 7) is -0.384. The Morgan fingerprint density at radius 1 is 1.31 bits per heavy atom. The van der Waals surface area contributed by atoms with Gasteiger partial charge in [-0.25, -0.2) is 8.78 Å². The first-order valence-corrected chi connectivity index (χ1v) is 4.52. The summed E-state index contributed by atoms with van der Waals surface area (Å²) in [6.07, 6.45) is 0. The van der Waals surface area contributed by atoms with Crippen LogP contribution >= 0.6 is 11.3 Å². The number of rotatable bonds is 1. The van der Waals surface area contributed by atoms with E-state index in [1.807, 2.05) is 0 Å². The average molecular weight is 200 g/mol. The molecule has 0 aliphatic rings. The number of aliphatic hydroxyl groups is 1. The first kappa shape index (κ1) is 8.59. The van der Waals surface area contributed by atoms with Crippen LogP contribution in [0.2, 0.25) is 0 Å². The minimum atomic E-state index is -0.638. The van der Waals surface area contributed by atoms with Crippen LogP contribution in [0.3, 0.4) is 0 Å². The zero-order valence-corrected chi connectivity index (χ0v) is 7.37. The van der Waals surface area contributed by atoms with Crippen LogP contribution in [0.25, 0.3) is 10.1 Å². The fourth-order valence-corrected chi connectivity index (χ4v) is 2.18. The summed E-state index contributed by atoms with van der Waals surface area (Å²) in [5, 5.41) is 8.74. The van der Waals surface area contributed by atoms with Gasteiger partial charge in [0.25, 0.3) is 0 Å². The summed E-state index contributed by atoms with van der Waals surface area (Å²) >= 11 is 1.07. The molecule has 4 heteroatoms.